The van der Waals surface area contributed by atoms with Crippen LogP contribution >= 0.6 is 0 Å². The summed E-state index contributed by atoms with van der Waals surface area (Å²) in [5.74, 6) is 0.958. The summed E-state index contributed by atoms with van der Waals surface area (Å²) in [6.07, 6.45) is 11.2. The Labute approximate surface area is 203 Å². The number of benzene rings is 1. The molecule has 3 aromatic rings. The molecule has 1 aromatic carbocycles. The van der Waals surface area contributed by atoms with Gasteiger partial charge in [-0.05, 0) is 63.3 Å². The maximum atomic E-state index is 13.3. The minimum atomic E-state index is 0.0236. The van der Waals surface area contributed by atoms with Gasteiger partial charge in [-0.2, -0.15) is 0 Å². The van der Waals surface area contributed by atoms with Gasteiger partial charge >= 0.3 is 0 Å². The third kappa shape index (κ3) is 3.96. The van der Waals surface area contributed by atoms with Gasteiger partial charge < -0.3 is 19.4 Å². The van der Waals surface area contributed by atoms with Crippen molar-refractivity contribution in [3.05, 3.63) is 54.2 Å². The molecule has 1 amide bonds. The van der Waals surface area contributed by atoms with Crippen LogP contribution in [0.25, 0.3) is 10.9 Å². The standard InChI is InChI=1S/C28H39N5O/c1-6-19(3)33-16-21-13-26-24(23-8-7-9-25(33)27(21)23)12-22(15-31(26)5)28(34)30-14-18(2)20(4)32-11-10-29-17-32/h7-11,16-20,22,24,26H,6,12-15H2,1-5H3,(H,30,34)/t18?,19?,20?,22-,24-,26-/m1/s1. The van der Waals surface area contributed by atoms with Gasteiger partial charge in [0, 0.05) is 66.6 Å². The molecule has 0 spiro atoms. The third-order valence-electron chi connectivity index (χ3n) is 8.73. The number of amides is 1. The van der Waals surface area contributed by atoms with Crippen molar-refractivity contribution in [2.45, 2.75) is 71.0 Å². The first kappa shape index (κ1) is 23.2. The predicted octanol–water partition coefficient (Wildman–Crippen LogP) is 4.78. The van der Waals surface area contributed by atoms with Crippen LogP contribution in [0, 0.1) is 11.8 Å². The molecule has 6 nitrogen and oxygen atoms in total. The van der Waals surface area contributed by atoms with Crippen LogP contribution in [0.1, 0.15) is 69.7 Å². The fraction of sp³-hybridized carbons (Fsp3) is 0.571. The van der Waals surface area contributed by atoms with E-state index in [4.69, 9.17) is 0 Å². The summed E-state index contributed by atoms with van der Waals surface area (Å²) in [5.41, 5.74) is 4.28. The number of carbonyl (C=O) groups excluding carboxylic acids is 1. The summed E-state index contributed by atoms with van der Waals surface area (Å²) < 4.78 is 4.58. The number of hydrogen-bond acceptors (Lipinski definition) is 3. The Bertz CT molecular complexity index is 1150. The Morgan fingerprint density at radius 2 is 2.09 bits per heavy atom. The van der Waals surface area contributed by atoms with Gasteiger partial charge in [-0.15, -0.1) is 0 Å². The molecule has 5 rings (SSSR count). The van der Waals surface area contributed by atoms with Crippen LogP contribution in [0.15, 0.2) is 43.1 Å². The zero-order valence-corrected chi connectivity index (χ0v) is 21.2. The zero-order valence-electron chi connectivity index (χ0n) is 21.2. The van der Waals surface area contributed by atoms with E-state index in [0.29, 0.717) is 36.5 Å². The van der Waals surface area contributed by atoms with E-state index in [9.17, 15) is 4.79 Å². The van der Waals surface area contributed by atoms with E-state index in [1.807, 2.05) is 18.7 Å². The Hall–Kier alpha value is -2.60. The molecule has 1 saturated heterocycles. The molecular weight excluding hydrogens is 422 g/mol. The van der Waals surface area contributed by atoms with Gasteiger partial charge in [-0.1, -0.05) is 26.0 Å². The third-order valence-corrected chi connectivity index (χ3v) is 8.73. The Morgan fingerprint density at radius 1 is 1.26 bits per heavy atom. The summed E-state index contributed by atoms with van der Waals surface area (Å²) in [7, 11) is 2.21. The Morgan fingerprint density at radius 3 is 2.82 bits per heavy atom. The molecule has 182 valence electrons. The first-order valence-electron chi connectivity index (χ1n) is 13.0. The summed E-state index contributed by atoms with van der Waals surface area (Å²) in [6, 6.07) is 8.06. The van der Waals surface area contributed by atoms with Crippen molar-refractivity contribution >= 4 is 16.8 Å². The number of hydrogen-bond donors (Lipinski definition) is 1. The second-order valence-corrected chi connectivity index (χ2v) is 10.8. The van der Waals surface area contributed by atoms with Crippen molar-refractivity contribution in [1.29, 1.82) is 0 Å². The number of aromatic nitrogens is 3. The number of nitrogens with zero attached hydrogens (tertiary/aromatic N) is 4. The highest BCUT2D eigenvalue weighted by Gasteiger charge is 2.41. The lowest BCUT2D eigenvalue weighted by atomic mass is 9.72. The molecule has 1 aliphatic carbocycles. The molecule has 1 N–H and O–H groups in total. The number of rotatable bonds is 7. The summed E-state index contributed by atoms with van der Waals surface area (Å²) in [6.45, 7) is 10.5. The highest BCUT2D eigenvalue weighted by molar-refractivity contribution is 5.89. The van der Waals surface area contributed by atoms with Gasteiger partial charge in [-0.25, -0.2) is 4.98 Å². The molecule has 2 aromatic heterocycles. The van der Waals surface area contributed by atoms with Gasteiger partial charge in [0.25, 0.3) is 0 Å². The van der Waals surface area contributed by atoms with Crippen LogP contribution in [-0.4, -0.2) is 51.1 Å². The van der Waals surface area contributed by atoms with Crippen LogP contribution in [0.5, 0.6) is 0 Å². The van der Waals surface area contributed by atoms with Crippen LogP contribution in [0.2, 0.25) is 0 Å². The van der Waals surface area contributed by atoms with Gasteiger partial charge in [-0.3, -0.25) is 4.79 Å². The van der Waals surface area contributed by atoms with E-state index in [2.05, 4.69) is 83.5 Å². The van der Waals surface area contributed by atoms with Crippen molar-refractivity contribution in [2.24, 2.45) is 11.8 Å². The number of imidazole rings is 1. The molecule has 3 heterocycles. The smallest absolute Gasteiger partial charge is 0.224 e. The molecule has 3 unspecified atom stereocenters. The predicted molar refractivity (Wildman–Crippen MR) is 137 cm³/mol. The minimum absolute atomic E-state index is 0.0236. The molecule has 1 aliphatic heterocycles. The highest BCUT2D eigenvalue weighted by atomic mass is 16.1. The maximum absolute atomic E-state index is 13.3. The zero-order chi connectivity index (χ0) is 24.0. The fourth-order valence-corrected chi connectivity index (χ4v) is 6.21. The monoisotopic (exact) mass is 461 g/mol. The lowest BCUT2D eigenvalue weighted by Gasteiger charge is -2.45. The van der Waals surface area contributed by atoms with Crippen molar-refractivity contribution in [3.63, 3.8) is 0 Å². The van der Waals surface area contributed by atoms with Gasteiger partial charge in [0.1, 0.15) is 0 Å². The van der Waals surface area contributed by atoms with E-state index < -0.39 is 0 Å². The second-order valence-electron chi connectivity index (χ2n) is 10.8. The molecule has 34 heavy (non-hydrogen) atoms. The molecule has 0 saturated carbocycles. The van der Waals surface area contributed by atoms with Crippen molar-refractivity contribution in [2.75, 3.05) is 20.1 Å². The van der Waals surface area contributed by atoms with E-state index >= 15 is 0 Å². The normalized spacial score (nSPS) is 25.0. The van der Waals surface area contributed by atoms with Crippen LogP contribution in [0.4, 0.5) is 0 Å². The largest absolute Gasteiger partial charge is 0.355 e. The minimum Gasteiger partial charge on any atom is -0.355 e. The number of likely N-dealkylation sites (N-methyl/N-ethyl adjacent to an activating group) is 1. The Balaban J connectivity index is 1.33. The van der Waals surface area contributed by atoms with Crippen molar-refractivity contribution < 1.29 is 4.79 Å². The van der Waals surface area contributed by atoms with Gasteiger partial charge in [0.2, 0.25) is 5.91 Å². The van der Waals surface area contributed by atoms with E-state index in [0.717, 1.165) is 25.8 Å². The van der Waals surface area contributed by atoms with Crippen molar-refractivity contribution in [3.8, 4) is 0 Å². The average Bonchev–Trinajstić information content (AvgIpc) is 3.51. The Kier molecular flexibility index (Phi) is 6.28. The van der Waals surface area contributed by atoms with Crippen LogP contribution in [0.3, 0.4) is 0 Å². The average molecular weight is 462 g/mol. The van der Waals surface area contributed by atoms with E-state index in [-0.39, 0.29) is 11.8 Å². The molecule has 6 heteroatoms. The molecule has 0 bridgehead atoms. The SMILES string of the molecule is CCC(C)n1cc2c3c(cccc31)[C@H]1C[C@@H](C(=O)NCC(C)C(C)n3ccnc3)CN(C)[C@@H]1C2. The quantitative estimate of drug-likeness (QED) is 0.551. The topological polar surface area (TPSA) is 55.1 Å². The molecule has 0 radical (unpaired) electrons. The molecular formula is C28H39N5O. The first-order valence-corrected chi connectivity index (χ1v) is 13.0. The van der Waals surface area contributed by atoms with Crippen LogP contribution in [-0.2, 0) is 11.2 Å². The summed E-state index contributed by atoms with van der Waals surface area (Å²) >= 11 is 0. The lowest BCUT2D eigenvalue weighted by molar-refractivity contribution is -0.127. The van der Waals surface area contributed by atoms with Crippen molar-refractivity contribution in [1.82, 2.24) is 24.3 Å². The number of nitrogens with one attached hydrogen (secondary N) is 1. The summed E-state index contributed by atoms with van der Waals surface area (Å²) in [4.78, 5) is 19.9. The number of piperidine rings is 1. The molecule has 6 atom stereocenters. The molecule has 2 aliphatic rings. The first-order chi connectivity index (χ1) is 16.4. The fourth-order valence-electron chi connectivity index (χ4n) is 6.21. The van der Waals surface area contributed by atoms with E-state index in [1.54, 1.807) is 0 Å². The number of likely N-dealkylation sites (tertiary alicyclic amines) is 1. The van der Waals surface area contributed by atoms with Crippen LogP contribution < -0.4 is 5.32 Å². The second kappa shape index (κ2) is 9.21. The van der Waals surface area contributed by atoms with E-state index in [1.165, 1.54) is 22.0 Å². The van der Waals surface area contributed by atoms with Gasteiger partial charge in [0.15, 0.2) is 0 Å². The summed E-state index contributed by atoms with van der Waals surface area (Å²) in [5, 5.41) is 4.72. The maximum Gasteiger partial charge on any atom is 0.224 e. The number of carbonyl (C=O) groups is 1. The number of fused-ring (bicyclic) bond motifs is 2. The lowest BCUT2D eigenvalue weighted by Crippen LogP contribution is -2.51. The molecule has 1 fully saturated rings. The van der Waals surface area contributed by atoms with Gasteiger partial charge in [0.05, 0.1) is 12.2 Å². The highest BCUT2D eigenvalue weighted by Crippen LogP contribution is 2.45.